The number of nitrogens with zero attached hydrogens (tertiary/aromatic N) is 4. The van der Waals surface area contributed by atoms with Gasteiger partial charge in [-0.2, -0.15) is 0 Å². The first-order chi connectivity index (χ1) is 28.7. The van der Waals surface area contributed by atoms with Crippen LogP contribution in [-0.4, -0.2) is 26.5 Å². The van der Waals surface area contributed by atoms with E-state index in [1.807, 2.05) is 12.3 Å². The number of hydrogen-bond donors (Lipinski definition) is 1. The third-order valence-electron chi connectivity index (χ3n) is 11.8. The Balaban J connectivity index is 1.01. The molecule has 0 spiro atoms. The molecule has 10 aromatic rings. The highest BCUT2D eigenvalue weighted by Gasteiger charge is 2.30. The van der Waals surface area contributed by atoms with E-state index in [2.05, 4.69) is 210 Å². The number of hydrogen-bond acceptors (Lipinski definition) is 4. The fraction of sp³-hybridized carbons (Fsp3) is 0.0566. The summed E-state index contributed by atoms with van der Waals surface area (Å²) >= 11 is 0. The molecule has 8 aromatic carbocycles. The Kier molecular flexibility index (Phi) is 8.19. The molecule has 58 heavy (non-hydrogen) atoms. The van der Waals surface area contributed by atoms with Gasteiger partial charge in [-0.25, -0.2) is 4.98 Å². The predicted octanol–water partition coefficient (Wildman–Crippen LogP) is 12.5. The lowest BCUT2D eigenvalue weighted by atomic mass is 9.96. The maximum Gasteiger partial charge on any atom is 0.146 e. The summed E-state index contributed by atoms with van der Waals surface area (Å²) in [4.78, 5) is 12.8. The monoisotopic (exact) mass is 745 g/mol. The van der Waals surface area contributed by atoms with E-state index >= 15 is 0 Å². The summed E-state index contributed by atoms with van der Waals surface area (Å²) in [6.07, 6.45) is 4.27. The molecule has 2 aromatic heterocycles. The number of nitrogens with one attached hydrogen (secondary N) is 1. The van der Waals surface area contributed by atoms with Gasteiger partial charge in [-0.15, -0.1) is 0 Å². The van der Waals surface area contributed by atoms with Gasteiger partial charge < -0.3 is 5.32 Å². The molecule has 11 rings (SSSR count). The van der Waals surface area contributed by atoms with Crippen LogP contribution in [0.15, 0.2) is 200 Å². The fourth-order valence-electron chi connectivity index (χ4n) is 8.91. The van der Waals surface area contributed by atoms with Gasteiger partial charge in [0.1, 0.15) is 12.0 Å². The Morgan fingerprint density at radius 2 is 1.09 bits per heavy atom. The highest BCUT2D eigenvalue weighted by Crippen LogP contribution is 2.41. The van der Waals surface area contributed by atoms with Crippen molar-refractivity contribution in [2.45, 2.75) is 12.2 Å². The first-order valence-corrected chi connectivity index (χ1v) is 19.9. The number of fused-ring (bicyclic) bond motifs is 7. The molecular weight excluding hydrogens is 707 g/mol. The van der Waals surface area contributed by atoms with Crippen molar-refractivity contribution < 1.29 is 0 Å². The fourth-order valence-corrected chi connectivity index (χ4v) is 8.91. The molecule has 2 unspecified atom stereocenters. The summed E-state index contributed by atoms with van der Waals surface area (Å²) in [5.41, 5.74) is 12.3. The first-order valence-electron chi connectivity index (χ1n) is 19.9. The van der Waals surface area contributed by atoms with Crippen LogP contribution in [-0.2, 0) is 0 Å². The van der Waals surface area contributed by atoms with Crippen molar-refractivity contribution in [2.24, 2.45) is 0 Å². The lowest BCUT2D eigenvalue weighted by Gasteiger charge is -2.40. The number of benzene rings is 8. The van der Waals surface area contributed by atoms with Crippen molar-refractivity contribution in [3.05, 3.63) is 217 Å². The van der Waals surface area contributed by atoms with Crippen LogP contribution in [0.5, 0.6) is 0 Å². The lowest BCUT2D eigenvalue weighted by Crippen LogP contribution is -2.41. The van der Waals surface area contributed by atoms with Crippen LogP contribution in [0.25, 0.3) is 77.4 Å². The van der Waals surface area contributed by atoms with Gasteiger partial charge in [0.15, 0.2) is 0 Å². The first kappa shape index (κ1) is 34.0. The molecule has 5 nitrogen and oxygen atoms in total. The van der Waals surface area contributed by atoms with Gasteiger partial charge in [0.25, 0.3) is 0 Å². The van der Waals surface area contributed by atoms with E-state index in [4.69, 9.17) is 9.97 Å². The van der Waals surface area contributed by atoms with Gasteiger partial charge in [0.05, 0.1) is 22.6 Å². The SMILES string of the molecule is CN1C(c2ccccc2)C=C(c2ccc(-c3ccc(-n4c(-c5cccc6ccccc56)nc5c6ccccc6c6ncccc6c54)cc3)cc2)NC1c1ccccc1. The van der Waals surface area contributed by atoms with Crippen molar-refractivity contribution in [3.8, 4) is 28.2 Å². The van der Waals surface area contributed by atoms with Crippen LogP contribution in [0, 0.1) is 0 Å². The second-order valence-electron chi connectivity index (χ2n) is 15.1. The molecule has 0 bridgehead atoms. The van der Waals surface area contributed by atoms with Crippen molar-refractivity contribution in [3.63, 3.8) is 0 Å². The molecule has 1 aliphatic heterocycles. The molecule has 0 fully saturated rings. The smallest absolute Gasteiger partial charge is 0.146 e. The third-order valence-corrected chi connectivity index (χ3v) is 11.8. The van der Waals surface area contributed by atoms with E-state index < -0.39 is 0 Å². The number of rotatable bonds is 6. The topological polar surface area (TPSA) is 46.0 Å². The summed E-state index contributed by atoms with van der Waals surface area (Å²) in [5, 5.41) is 9.50. The largest absolute Gasteiger partial charge is 0.366 e. The van der Waals surface area contributed by atoms with Gasteiger partial charge in [0.2, 0.25) is 0 Å². The van der Waals surface area contributed by atoms with E-state index in [0.717, 1.165) is 72.2 Å². The minimum absolute atomic E-state index is 0.0301. The van der Waals surface area contributed by atoms with Crippen molar-refractivity contribution in [1.82, 2.24) is 24.8 Å². The van der Waals surface area contributed by atoms with Crippen LogP contribution < -0.4 is 5.32 Å². The molecule has 5 heteroatoms. The Hall–Kier alpha value is -7.34. The number of likely N-dealkylation sites (N-methyl/N-ethyl adjacent to an activating group) is 1. The van der Waals surface area contributed by atoms with E-state index in [-0.39, 0.29) is 12.2 Å². The third kappa shape index (κ3) is 5.67. The van der Waals surface area contributed by atoms with Gasteiger partial charge in [-0.3, -0.25) is 14.5 Å². The molecule has 3 heterocycles. The van der Waals surface area contributed by atoms with E-state index in [9.17, 15) is 0 Å². The van der Waals surface area contributed by atoms with Crippen molar-refractivity contribution in [2.75, 3.05) is 7.05 Å². The average Bonchev–Trinajstić information content (AvgIpc) is 3.71. The Morgan fingerprint density at radius 1 is 0.500 bits per heavy atom. The van der Waals surface area contributed by atoms with Crippen molar-refractivity contribution >= 4 is 49.2 Å². The standard InChI is InChI=1S/C53H39N5/c1-57-48(39-15-4-2-5-16-39)34-47(55-52(57)40-17-6-3-7-18-40)38-27-25-35(26-28-38)36-29-31-41(32-30-36)58-51-46-24-13-33-54-49(46)43-21-10-11-22-44(43)50(51)56-53(58)45-23-12-19-37-14-8-9-20-42(37)45/h2-34,48,52,55H,1H3. The molecule has 0 saturated carbocycles. The number of pyridine rings is 1. The van der Waals surface area contributed by atoms with E-state index in [1.165, 1.54) is 21.9 Å². The quantitative estimate of drug-likeness (QED) is 0.172. The Bertz CT molecular complexity index is 3140. The van der Waals surface area contributed by atoms with Crippen LogP contribution in [0.2, 0.25) is 0 Å². The van der Waals surface area contributed by atoms with E-state index in [0.29, 0.717) is 0 Å². The molecule has 2 atom stereocenters. The normalized spacial score (nSPS) is 15.8. The predicted molar refractivity (Wildman–Crippen MR) is 239 cm³/mol. The van der Waals surface area contributed by atoms with Gasteiger partial charge in [-0.1, -0.05) is 164 Å². The minimum atomic E-state index is 0.0301. The minimum Gasteiger partial charge on any atom is -0.366 e. The number of aromatic nitrogens is 3. The average molecular weight is 746 g/mol. The second kappa shape index (κ2) is 14.0. The number of imidazole rings is 1. The van der Waals surface area contributed by atoms with Gasteiger partial charge in [0, 0.05) is 39.3 Å². The van der Waals surface area contributed by atoms with Crippen LogP contribution in [0.1, 0.15) is 28.9 Å². The zero-order valence-electron chi connectivity index (χ0n) is 32.0. The summed E-state index contributed by atoms with van der Waals surface area (Å²) in [6.45, 7) is 0. The molecule has 0 amide bonds. The van der Waals surface area contributed by atoms with E-state index in [1.54, 1.807) is 0 Å². The molecule has 276 valence electrons. The van der Waals surface area contributed by atoms with Gasteiger partial charge in [-0.05, 0) is 76.0 Å². The lowest BCUT2D eigenvalue weighted by molar-refractivity contribution is 0.176. The molecule has 0 radical (unpaired) electrons. The zero-order chi connectivity index (χ0) is 38.6. The molecule has 1 aliphatic rings. The molecular formula is C53H39N5. The van der Waals surface area contributed by atoms with Crippen LogP contribution in [0.3, 0.4) is 0 Å². The van der Waals surface area contributed by atoms with Crippen LogP contribution >= 0.6 is 0 Å². The Labute approximate surface area is 337 Å². The molecule has 1 N–H and O–H groups in total. The van der Waals surface area contributed by atoms with Crippen LogP contribution in [0.4, 0.5) is 0 Å². The molecule has 0 saturated heterocycles. The summed E-state index contributed by atoms with van der Waals surface area (Å²) in [6, 6.07) is 67.2. The Morgan fingerprint density at radius 3 is 1.83 bits per heavy atom. The zero-order valence-corrected chi connectivity index (χ0v) is 32.0. The van der Waals surface area contributed by atoms with Crippen molar-refractivity contribution in [1.29, 1.82) is 0 Å². The molecule has 0 aliphatic carbocycles. The summed E-state index contributed by atoms with van der Waals surface area (Å²) in [7, 11) is 2.20. The highest BCUT2D eigenvalue weighted by molar-refractivity contribution is 6.23. The maximum atomic E-state index is 5.50. The van der Waals surface area contributed by atoms with Gasteiger partial charge >= 0.3 is 0 Å². The summed E-state index contributed by atoms with van der Waals surface area (Å²) < 4.78 is 2.34. The maximum absolute atomic E-state index is 5.50. The highest BCUT2D eigenvalue weighted by atomic mass is 15.3. The second-order valence-corrected chi connectivity index (χ2v) is 15.1. The summed E-state index contributed by atoms with van der Waals surface area (Å²) in [5.74, 6) is 0.909.